The third-order valence-corrected chi connectivity index (χ3v) is 4.39. The largest absolute Gasteiger partial charge is 0.330 e. The van der Waals surface area contributed by atoms with Crippen LogP contribution >= 0.6 is 23.1 Å². The molecule has 0 aliphatic rings. The van der Waals surface area contributed by atoms with Gasteiger partial charge in [0.25, 0.3) is 0 Å². The first-order valence-electron chi connectivity index (χ1n) is 4.94. The molecule has 0 saturated carbocycles. The fourth-order valence-corrected chi connectivity index (χ4v) is 3.17. The minimum absolute atomic E-state index is 0.688. The Morgan fingerprint density at radius 2 is 2.43 bits per heavy atom. The molecule has 4 heteroatoms. The predicted molar refractivity (Wildman–Crippen MR) is 66.1 cm³/mol. The Hall–Kier alpha value is -0.0600. The van der Waals surface area contributed by atoms with Gasteiger partial charge in [-0.2, -0.15) is 11.8 Å². The second-order valence-corrected chi connectivity index (χ2v) is 5.86. The van der Waals surface area contributed by atoms with E-state index in [0.717, 1.165) is 19.4 Å². The van der Waals surface area contributed by atoms with Crippen LogP contribution in [0.15, 0.2) is 5.51 Å². The average Bonchev–Trinajstić information content (AvgIpc) is 2.52. The lowest BCUT2D eigenvalue weighted by molar-refractivity contribution is 0.822. The smallest absolute Gasteiger partial charge is 0.0797 e. The molecule has 14 heavy (non-hydrogen) atoms. The zero-order valence-corrected chi connectivity index (χ0v) is 10.5. The van der Waals surface area contributed by atoms with Gasteiger partial charge in [-0.1, -0.05) is 6.92 Å². The third kappa shape index (κ3) is 3.98. The Balaban J connectivity index is 2.19. The predicted octanol–water partition coefficient (Wildman–Crippen LogP) is 2.46. The van der Waals surface area contributed by atoms with Gasteiger partial charge in [-0.05, 0) is 32.1 Å². The highest BCUT2D eigenvalue weighted by Gasteiger charge is 2.04. The molecular weight excluding hydrogens is 212 g/mol. The number of hydrogen-bond donors (Lipinski definition) is 1. The van der Waals surface area contributed by atoms with E-state index >= 15 is 0 Å². The quantitative estimate of drug-likeness (QED) is 0.816. The Morgan fingerprint density at radius 1 is 1.64 bits per heavy atom. The molecule has 0 aliphatic heterocycles. The van der Waals surface area contributed by atoms with Gasteiger partial charge in [0.15, 0.2) is 0 Å². The minimum atomic E-state index is 0.688. The maximum Gasteiger partial charge on any atom is 0.0797 e. The van der Waals surface area contributed by atoms with E-state index in [0.29, 0.717) is 5.25 Å². The molecule has 0 bridgehead atoms. The zero-order chi connectivity index (χ0) is 10.4. The molecule has 1 atom stereocenters. The number of thiazole rings is 1. The molecule has 0 radical (unpaired) electrons. The molecule has 0 amide bonds. The monoisotopic (exact) mass is 230 g/mol. The van der Waals surface area contributed by atoms with Gasteiger partial charge in [0.05, 0.1) is 11.2 Å². The third-order valence-electron chi connectivity index (χ3n) is 2.15. The van der Waals surface area contributed by atoms with Gasteiger partial charge in [-0.3, -0.25) is 0 Å². The summed E-state index contributed by atoms with van der Waals surface area (Å²) in [6, 6.07) is 0. The lowest BCUT2D eigenvalue weighted by Gasteiger charge is -2.08. The zero-order valence-electron chi connectivity index (χ0n) is 8.82. The van der Waals surface area contributed by atoms with Crippen molar-refractivity contribution in [1.29, 1.82) is 0 Å². The van der Waals surface area contributed by atoms with Crippen molar-refractivity contribution in [3.63, 3.8) is 0 Å². The average molecular weight is 230 g/mol. The molecule has 1 unspecified atom stereocenters. The fraction of sp³-hybridized carbons (Fsp3) is 0.700. The van der Waals surface area contributed by atoms with Crippen LogP contribution in [-0.4, -0.2) is 22.5 Å². The van der Waals surface area contributed by atoms with Gasteiger partial charge in [0.1, 0.15) is 0 Å². The lowest BCUT2D eigenvalue weighted by Crippen LogP contribution is -2.08. The van der Waals surface area contributed by atoms with Crippen molar-refractivity contribution in [3.8, 4) is 0 Å². The molecule has 1 rings (SSSR count). The first-order chi connectivity index (χ1) is 6.74. The highest BCUT2D eigenvalue weighted by Crippen LogP contribution is 2.18. The molecule has 2 N–H and O–H groups in total. The number of nitrogens with two attached hydrogens (primary N) is 1. The fourth-order valence-electron chi connectivity index (χ4n) is 1.24. The van der Waals surface area contributed by atoms with Crippen molar-refractivity contribution in [2.75, 3.05) is 12.3 Å². The molecule has 1 aromatic rings. The Kier molecular flexibility index (Phi) is 5.52. The molecule has 80 valence electrons. The number of rotatable bonds is 6. The highest BCUT2D eigenvalue weighted by atomic mass is 32.2. The molecule has 0 fully saturated rings. The lowest BCUT2D eigenvalue weighted by atomic mass is 10.3. The van der Waals surface area contributed by atoms with Crippen molar-refractivity contribution >= 4 is 23.1 Å². The number of aromatic nitrogens is 1. The van der Waals surface area contributed by atoms with Gasteiger partial charge < -0.3 is 5.73 Å². The summed E-state index contributed by atoms with van der Waals surface area (Å²) in [6.07, 6.45) is 2.27. The molecule has 0 aromatic carbocycles. The number of hydrogen-bond acceptors (Lipinski definition) is 4. The van der Waals surface area contributed by atoms with Crippen molar-refractivity contribution < 1.29 is 0 Å². The summed E-state index contributed by atoms with van der Waals surface area (Å²) in [5.41, 5.74) is 8.62. The maximum absolute atomic E-state index is 5.50. The Morgan fingerprint density at radius 3 is 3.00 bits per heavy atom. The van der Waals surface area contributed by atoms with Crippen LogP contribution in [-0.2, 0) is 6.42 Å². The summed E-state index contributed by atoms with van der Waals surface area (Å²) < 4.78 is 0. The second kappa shape index (κ2) is 6.43. The normalized spacial score (nSPS) is 13.1. The van der Waals surface area contributed by atoms with E-state index in [1.54, 1.807) is 11.3 Å². The van der Waals surface area contributed by atoms with Crippen LogP contribution in [0.5, 0.6) is 0 Å². The molecule has 0 aliphatic carbocycles. The van der Waals surface area contributed by atoms with Crippen LogP contribution in [0.1, 0.15) is 23.9 Å². The Labute approximate surface area is 94.3 Å². The van der Waals surface area contributed by atoms with E-state index in [-0.39, 0.29) is 0 Å². The van der Waals surface area contributed by atoms with E-state index in [9.17, 15) is 0 Å². The molecule has 1 aromatic heterocycles. The van der Waals surface area contributed by atoms with Gasteiger partial charge in [0.2, 0.25) is 0 Å². The maximum atomic E-state index is 5.50. The summed E-state index contributed by atoms with van der Waals surface area (Å²) in [4.78, 5) is 5.67. The number of nitrogens with zero attached hydrogens (tertiary/aromatic N) is 1. The van der Waals surface area contributed by atoms with Crippen LogP contribution in [0.2, 0.25) is 0 Å². The first kappa shape index (κ1) is 12.0. The van der Waals surface area contributed by atoms with E-state index in [2.05, 4.69) is 18.8 Å². The summed E-state index contributed by atoms with van der Waals surface area (Å²) in [5.74, 6) is 1.18. The standard InChI is InChI=1S/C10H18N2S2/c1-8(3-5-11)13-6-4-10-9(2)12-7-14-10/h7-8H,3-6,11H2,1-2H3. The van der Waals surface area contributed by atoms with E-state index in [4.69, 9.17) is 5.73 Å². The molecule has 0 saturated heterocycles. The van der Waals surface area contributed by atoms with Gasteiger partial charge >= 0.3 is 0 Å². The van der Waals surface area contributed by atoms with Crippen molar-refractivity contribution in [1.82, 2.24) is 4.98 Å². The van der Waals surface area contributed by atoms with E-state index in [1.807, 2.05) is 17.3 Å². The minimum Gasteiger partial charge on any atom is -0.330 e. The van der Waals surface area contributed by atoms with Crippen molar-refractivity contribution in [3.05, 3.63) is 16.1 Å². The van der Waals surface area contributed by atoms with Gasteiger partial charge in [-0.15, -0.1) is 11.3 Å². The molecule has 2 nitrogen and oxygen atoms in total. The summed E-state index contributed by atoms with van der Waals surface area (Å²) in [7, 11) is 0. The summed E-state index contributed by atoms with van der Waals surface area (Å²) in [6.45, 7) is 5.13. The van der Waals surface area contributed by atoms with Crippen LogP contribution in [0.4, 0.5) is 0 Å². The van der Waals surface area contributed by atoms with Gasteiger partial charge in [-0.25, -0.2) is 4.98 Å². The topological polar surface area (TPSA) is 38.9 Å². The highest BCUT2D eigenvalue weighted by molar-refractivity contribution is 7.99. The van der Waals surface area contributed by atoms with Crippen LogP contribution < -0.4 is 5.73 Å². The van der Waals surface area contributed by atoms with Crippen LogP contribution in [0.25, 0.3) is 0 Å². The van der Waals surface area contributed by atoms with Crippen molar-refractivity contribution in [2.24, 2.45) is 5.73 Å². The molecule has 1 heterocycles. The summed E-state index contributed by atoms with van der Waals surface area (Å²) in [5, 5.41) is 0.688. The van der Waals surface area contributed by atoms with E-state index < -0.39 is 0 Å². The Bertz CT molecular complexity index is 260. The van der Waals surface area contributed by atoms with E-state index in [1.165, 1.54) is 16.3 Å². The summed E-state index contributed by atoms with van der Waals surface area (Å²) >= 11 is 3.77. The molecule has 0 spiro atoms. The second-order valence-electron chi connectivity index (χ2n) is 3.37. The van der Waals surface area contributed by atoms with Crippen molar-refractivity contribution in [2.45, 2.75) is 31.9 Å². The number of thioether (sulfide) groups is 1. The SMILES string of the molecule is Cc1ncsc1CCSC(C)CCN. The molecular formula is C10H18N2S2. The first-order valence-corrected chi connectivity index (χ1v) is 6.87. The van der Waals surface area contributed by atoms with Crippen LogP contribution in [0, 0.1) is 6.92 Å². The number of aryl methyl sites for hydroxylation is 2. The van der Waals surface area contributed by atoms with Crippen LogP contribution in [0.3, 0.4) is 0 Å². The van der Waals surface area contributed by atoms with Gasteiger partial charge in [0, 0.05) is 10.1 Å².